The first kappa shape index (κ1) is 17.3. The quantitative estimate of drug-likeness (QED) is 0.798. The summed E-state index contributed by atoms with van der Waals surface area (Å²) in [5.74, 6) is 1.17. The highest BCUT2D eigenvalue weighted by atomic mass is 32.2. The van der Waals surface area contributed by atoms with Gasteiger partial charge in [-0.2, -0.15) is 10.1 Å². The van der Waals surface area contributed by atoms with Gasteiger partial charge in [-0.05, 0) is 37.6 Å². The Balaban J connectivity index is 1.74. The Hall–Kier alpha value is -2.55. The molecular formula is C16H19N5O3S. The van der Waals surface area contributed by atoms with Gasteiger partial charge in [0.15, 0.2) is 21.4 Å². The number of nitrogens with zero attached hydrogens (tertiary/aromatic N) is 4. The van der Waals surface area contributed by atoms with Gasteiger partial charge in [0.1, 0.15) is 0 Å². The Morgan fingerprint density at radius 1 is 1.28 bits per heavy atom. The maximum atomic E-state index is 11.6. The van der Waals surface area contributed by atoms with Crippen LogP contribution in [0.5, 0.6) is 0 Å². The summed E-state index contributed by atoms with van der Waals surface area (Å²) in [7, 11) is -1.21. The number of carbonyl (C=O) groups is 1. The van der Waals surface area contributed by atoms with Crippen molar-refractivity contribution in [3.8, 4) is 0 Å². The maximum absolute atomic E-state index is 11.6. The number of ketones is 1. The highest BCUT2D eigenvalue weighted by Crippen LogP contribution is 2.21. The molecule has 3 rings (SSSR count). The van der Waals surface area contributed by atoms with Crippen molar-refractivity contribution in [2.45, 2.75) is 19.4 Å². The monoisotopic (exact) mass is 361 g/mol. The first-order chi connectivity index (χ1) is 11.8. The van der Waals surface area contributed by atoms with Crippen molar-refractivity contribution in [2.75, 3.05) is 28.8 Å². The largest absolute Gasteiger partial charge is 0.339 e. The second kappa shape index (κ2) is 6.75. The van der Waals surface area contributed by atoms with Gasteiger partial charge in [0.05, 0.1) is 17.7 Å². The van der Waals surface area contributed by atoms with Gasteiger partial charge < -0.3 is 10.2 Å². The fraction of sp³-hybridized carbons (Fsp3) is 0.375. The van der Waals surface area contributed by atoms with E-state index in [1.165, 1.54) is 13.1 Å². The lowest BCUT2D eigenvalue weighted by atomic mass is 10.1. The van der Waals surface area contributed by atoms with Gasteiger partial charge in [-0.3, -0.25) is 4.79 Å². The summed E-state index contributed by atoms with van der Waals surface area (Å²) >= 11 is 0. The maximum Gasteiger partial charge on any atom is 0.247 e. The summed E-state index contributed by atoms with van der Waals surface area (Å²) in [6.07, 6.45) is 2.05. The molecule has 1 fully saturated rings. The van der Waals surface area contributed by atoms with Crippen molar-refractivity contribution in [3.05, 3.63) is 36.0 Å². The van der Waals surface area contributed by atoms with Crippen LogP contribution in [-0.4, -0.2) is 54.0 Å². The number of rotatable bonds is 5. The van der Waals surface area contributed by atoms with Crippen molar-refractivity contribution in [1.29, 1.82) is 0 Å². The van der Waals surface area contributed by atoms with E-state index in [2.05, 4.69) is 20.5 Å². The Labute approximate surface area is 146 Å². The Morgan fingerprint density at radius 3 is 2.60 bits per heavy atom. The molecule has 0 spiro atoms. The lowest BCUT2D eigenvalue weighted by Crippen LogP contribution is -2.34. The average molecular weight is 361 g/mol. The number of anilines is 3. The van der Waals surface area contributed by atoms with Crippen LogP contribution in [0.15, 0.2) is 30.5 Å². The molecule has 1 aliphatic rings. The predicted molar refractivity (Wildman–Crippen MR) is 95.0 cm³/mol. The SMILES string of the molecule is CC(=O)c1ccc(Nc2cnnc(N(C)C3CCS(=O)(=O)C3)n2)cc1. The molecule has 0 aliphatic carbocycles. The molecule has 1 aromatic carbocycles. The molecule has 1 aliphatic heterocycles. The molecule has 1 aromatic heterocycles. The Morgan fingerprint density at radius 2 is 2.00 bits per heavy atom. The van der Waals surface area contributed by atoms with Crippen LogP contribution in [-0.2, 0) is 9.84 Å². The van der Waals surface area contributed by atoms with Gasteiger partial charge >= 0.3 is 0 Å². The van der Waals surface area contributed by atoms with Gasteiger partial charge in [0.2, 0.25) is 5.95 Å². The summed E-state index contributed by atoms with van der Waals surface area (Å²) in [5, 5.41) is 11.0. The Bertz CT molecular complexity index is 883. The normalized spacial score (nSPS) is 18.7. The van der Waals surface area contributed by atoms with Crippen LogP contribution in [0.2, 0.25) is 0 Å². The number of sulfone groups is 1. The van der Waals surface area contributed by atoms with E-state index in [1.54, 1.807) is 36.2 Å². The molecule has 0 bridgehead atoms. The minimum absolute atomic E-state index is 0.00526. The van der Waals surface area contributed by atoms with Crippen LogP contribution in [0.3, 0.4) is 0 Å². The van der Waals surface area contributed by atoms with Crippen molar-refractivity contribution >= 4 is 33.1 Å². The van der Waals surface area contributed by atoms with E-state index >= 15 is 0 Å². The van der Waals surface area contributed by atoms with Crippen LogP contribution < -0.4 is 10.2 Å². The molecule has 2 aromatic rings. The first-order valence-corrected chi connectivity index (χ1v) is 9.67. The molecule has 1 unspecified atom stereocenters. The zero-order valence-electron chi connectivity index (χ0n) is 14.0. The Kier molecular flexibility index (Phi) is 4.67. The van der Waals surface area contributed by atoms with Crippen molar-refractivity contribution in [1.82, 2.24) is 15.2 Å². The number of hydrogen-bond acceptors (Lipinski definition) is 8. The van der Waals surface area contributed by atoms with E-state index in [1.807, 2.05) is 0 Å². The molecule has 1 atom stereocenters. The average Bonchev–Trinajstić information content (AvgIpc) is 2.95. The van der Waals surface area contributed by atoms with Gasteiger partial charge in [0, 0.05) is 24.3 Å². The minimum Gasteiger partial charge on any atom is -0.339 e. The third kappa shape index (κ3) is 4.11. The zero-order valence-corrected chi connectivity index (χ0v) is 14.8. The zero-order chi connectivity index (χ0) is 18.0. The van der Waals surface area contributed by atoms with E-state index in [4.69, 9.17) is 0 Å². The third-order valence-corrected chi connectivity index (χ3v) is 5.93. The molecule has 9 heteroatoms. The number of carbonyl (C=O) groups excluding carboxylic acids is 1. The molecule has 0 saturated carbocycles. The molecule has 0 radical (unpaired) electrons. The molecule has 132 valence electrons. The summed E-state index contributed by atoms with van der Waals surface area (Å²) in [5.41, 5.74) is 1.40. The molecule has 0 amide bonds. The second-order valence-corrected chi connectivity index (χ2v) is 8.30. The summed E-state index contributed by atoms with van der Waals surface area (Å²) in [6.45, 7) is 1.52. The summed E-state index contributed by atoms with van der Waals surface area (Å²) < 4.78 is 23.3. The highest BCUT2D eigenvalue weighted by molar-refractivity contribution is 7.91. The van der Waals surface area contributed by atoms with Crippen LogP contribution >= 0.6 is 0 Å². The van der Waals surface area contributed by atoms with Crippen LogP contribution in [0.1, 0.15) is 23.7 Å². The van der Waals surface area contributed by atoms with Crippen molar-refractivity contribution in [2.24, 2.45) is 0 Å². The number of aromatic nitrogens is 3. The lowest BCUT2D eigenvalue weighted by molar-refractivity contribution is 0.101. The van der Waals surface area contributed by atoms with Gasteiger partial charge in [0.25, 0.3) is 0 Å². The highest BCUT2D eigenvalue weighted by Gasteiger charge is 2.31. The predicted octanol–water partition coefficient (Wildman–Crippen LogP) is 1.44. The summed E-state index contributed by atoms with van der Waals surface area (Å²) in [4.78, 5) is 17.5. The molecule has 8 nitrogen and oxygen atoms in total. The van der Waals surface area contributed by atoms with E-state index in [-0.39, 0.29) is 23.3 Å². The number of hydrogen-bond donors (Lipinski definition) is 1. The minimum atomic E-state index is -2.98. The van der Waals surface area contributed by atoms with Crippen LogP contribution in [0.4, 0.5) is 17.5 Å². The van der Waals surface area contributed by atoms with Gasteiger partial charge in [-0.25, -0.2) is 8.42 Å². The summed E-state index contributed by atoms with van der Waals surface area (Å²) in [6, 6.07) is 6.89. The molecule has 2 heterocycles. The van der Waals surface area contributed by atoms with E-state index in [0.29, 0.717) is 23.8 Å². The van der Waals surface area contributed by atoms with Gasteiger partial charge in [-0.15, -0.1) is 5.10 Å². The standard InChI is InChI=1S/C16H19N5O3S/c1-11(22)12-3-5-13(6-4-12)18-15-9-17-20-16(19-15)21(2)14-7-8-25(23,24)10-14/h3-6,9,14H,7-8,10H2,1-2H3,(H,18,19,20). The topological polar surface area (TPSA) is 105 Å². The second-order valence-electron chi connectivity index (χ2n) is 6.07. The fourth-order valence-corrected chi connectivity index (χ4v) is 4.46. The van der Waals surface area contributed by atoms with Crippen LogP contribution in [0.25, 0.3) is 0 Å². The van der Waals surface area contributed by atoms with Crippen molar-refractivity contribution < 1.29 is 13.2 Å². The van der Waals surface area contributed by atoms with Crippen molar-refractivity contribution in [3.63, 3.8) is 0 Å². The van der Waals surface area contributed by atoms with E-state index in [9.17, 15) is 13.2 Å². The molecule has 1 saturated heterocycles. The number of nitrogens with one attached hydrogen (secondary N) is 1. The van der Waals surface area contributed by atoms with Crippen LogP contribution in [0, 0.1) is 0 Å². The molecule has 25 heavy (non-hydrogen) atoms. The number of benzene rings is 1. The molecule has 1 N–H and O–H groups in total. The van der Waals surface area contributed by atoms with E-state index < -0.39 is 9.84 Å². The third-order valence-electron chi connectivity index (χ3n) is 4.18. The smallest absolute Gasteiger partial charge is 0.247 e. The lowest BCUT2D eigenvalue weighted by Gasteiger charge is -2.22. The number of Topliss-reactive ketones (excluding diaryl/α,β-unsaturated/α-hetero) is 1. The molecular weight excluding hydrogens is 342 g/mol. The van der Waals surface area contributed by atoms with Gasteiger partial charge in [-0.1, -0.05) is 0 Å². The van der Waals surface area contributed by atoms with E-state index in [0.717, 1.165) is 5.69 Å². The fourth-order valence-electron chi connectivity index (χ4n) is 2.68. The first-order valence-electron chi connectivity index (χ1n) is 7.85.